The van der Waals surface area contributed by atoms with Gasteiger partial charge in [0.2, 0.25) is 0 Å². The lowest BCUT2D eigenvalue weighted by molar-refractivity contribution is 0.0966. The number of hydrogen-bond acceptors (Lipinski definition) is 6. The summed E-state index contributed by atoms with van der Waals surface area (Å²) in [6, 6.07) is 14.8. The van der Waals surface area contributed by atoms with Crippen LogP contribution in [0.3, 0.4) is 0 Å². The van der Waals surface area contributed by atoms with Gasteiger partial charge in [-0.05, 0) is 67.6 Å². The number of sulfone groups is 1. The molecule has 0 bridgehead atoms. The van der Waals surface area contributed by atoms with Crippen LogP contribution in [0, 0.1) is 0 Å². The monoisotopic (exact) mass is 520 g/mol. The number of benzene rings is 2. The third-order valence-corrected chi connectivity index (χ3v) is 8.99. The van der Waals surface area contributed by atoms with Crippen molar-refractivity contribution in [3.05, 3.63) is 71.0 Å². The van der Waals surface area contributed by atoms with Gasteiger partial charge in [0.15, 0.2) is 5.69 Å². The Morgan fingerprint density at radius 2 is 1.65 bits per heavy atom. The number of aromatic nitrogens is 2. The van der Waals surface area contributed by atoms with Gasteiger partial charge in [0, 0.05) is 34.9 Å². The van der Waals surface area contributed by atoms with Gasteiger partial charge in [-0.1, -0.05) is 12.1 Å². The molecule has 0 atom stereocenters. The van der Waals surface area contributed by atoms with E-state index in [9.17, 15) is 18.0 Å². The number of methoxy groups -OCH3 is 1. The minimum Gasteiger partial charge on any atom is -0.497 e. The molecule has 10 heteroatoms. The fourth-order valence-corrected chi connectivity index (χ4v) is 7.17. The largest absolute Gasteiger partial charge is 0.497 e. The maximum absolute atomic E-state index is 14.0. The van der Waals surface area contributed by atoms with Crippen LogP contribution < -0.4 is 15.4 Å². The normalized spacial score (nSPS) is 19.0. The number of nitrogens with zero attached hydrogens (tertiary/aromatic N) is 3. The second-order valence-electron chi connectivity index (χ2n) is 10.6. The number of nitrogens with two attached hydrogens (primary N) is 1. The molecule has 1 aromatic heterocycles. The van der Waals surface area contributed by atoms with Crippen molar-refractivity contribution < 1.29 is 22.7 Å². The van der Waals surface area contributed by atoms with E-state index < -0.39 is 15.7 Å². The summed E-state index contributed by atoms with van der Waals surface area (Å²) in [7, 11) is -1.53. The summed E-state index contributed by atoms with van der Waals surface area (Å²) >= 11 is 0. The number of primary amides is 1. The molecular weight excluding hydrogens is 492 g/mol. The molecule has 2 heterocycles. The number of carbonyl (C=O) groups excluding carboxylic acids is 2. The highest BCUT2D eigenvalue weighted by Crippen LogP contribution is 2.55. The molecule has 37 heavy (non-hydrogen) atoms. The fourth-order valence-electron chi connectivity index (χ4n) is 5.71. The zero-order valence-electron chi connectivity index (χ0n) is 20.7. The summed E-state index contributed by atoms with van der Waals surface area (Å²) in [5.41, 5.74) is 8.48. The maximum atomic E-state index is 14.0. The van der Waals surface area contributed by atoms with E-state index in [0.717, 1.165) is 36.9 Å². The van der Waals surface area contributed by atoms with Crippen LogP contribution in [-0.4, -0.2) is 55.7 Å². The van der Waals surface area contributed by atoms with Gasteiger partial charge in [0.05, 0.1) is 18.6 Å². The minimum absolute atomic E-state index is 0.130. The van der Waals surface area contributed by atoms with Gasteiger partial charge in [-0.15, -0.1) is 0 Å². The van der Waals surface area contributed by atoms with Crippen LogP contribution in [-0.2, 0) is 20.7 Å². The Labute approximate surface area is 215 Å². The van der Waals surface area contributed by atoms with Crippen molar-refractivity contribution in [1.29, 1.82) is 0 Å². The quantitative estimate of drug-likeness (QED) is 0.511. The third-order valence-electron chi connectivity index (χ3n) is 7.91. The van der Waals surface area contributed by atoms with Crippen molar-refractivity contribution >= 4 is 27.3 Å². The minimum atomic E-state index is -3.11. The van der Waals surface area contributed by atoms with Crippen molar-refractivity contribution in [2.75, 3.05) is 30.6 Å². The topological polar surface area (TPSA) is 125 Å². The molecular formula is C27H28N4O5S. The molecule has 1 spiro atoms. The molecule has 2 fully saturated rings. The first kappa shape index (κ1) is 23.7. The first-order chi connectivity index (χ1) is 17.6. The summed E-state index contributed by atoms with van der Waals surface area (Å²) in [6.07, 6.45) is 4.60. The molecule has 2 aliphatic carbocycles. The van der Waals surface area contributed by atoms with Crippen molar-refractivity contribution in [3.63, 3.8) is 0 Å². The van der Waals surface area contributed by atoms with Gasteiger partial charge in [-0.2, -0.15) is 5.10 Å². The smallest absolute Gasteiger partial charge is 0.277 e. The molecule has 3 aliphatic rings. The summed E-state index contributed by atoms with van der Waals surface area (Å²) < 4.78 is 30.7. The standard InChI is InChI=1S/C27H28N4O5S/c1-36-20-9-7-19(8-10-20)31-23-21(22(29-31)24(28)32)26(11-12-26)15-30(25(23)33)18-5-3-17(4-6-18)27(13-14-27)16-37(2,34)35/h3-10H,11-16H2,1-2H3,(H2,28,32). The van der Waals surface area contributed by atoms with Crippen molar-refractivity contribution in [2.24, 2.45) is 5.73 Å². The van der Waals surface area contributed by atoms with Gasteiger partial charge in [-0.3, -0.25) is 9.59 Å². The number of hydrogen-bond donors (Lipinski definition) is 1. The number of ether oxygens (including phenoxy) is 1. The highest BCUT2D eigenvalue weighted by molar-refractivity contribution is 7.90. The van der Waals surface area contributed by atoms with Crippen molar-refractivity contribution in [3.8, 4) is 11.4 Å². The number of anilines is 1. The van der Waals surface area contributed by atoms with E-state index in [4.69, 9.17) is 10.5 Å². The van der Waals surface area contributed by atoms with Gasteiger partial charge in [-0.25, -0.2) is 13.1 Å². The van der Waals surface area contributed by atoms with Crippen LogP contribution in [0.15, 0.2) is 48.5 Å². The van der Waals surface area contributed by atoms with E-state index in [0.29, 0.717) is 29.2 Å². The van der Waals surface area contributed by atoms with Gasteiger partial charge in [0.25, 0.3) is 11.8 Å². The van der Waals surface area contributed by atoms with Crippen LogP contribution >= 0.6 is 0 Å². The SMILES string of the molecule is COc1ccc(-n2nc(C(N)=O)c3c2C(=O)N(c2ccc(C4(CS(C)(=O)=O)CC4)cc2)CC32CC2)cc1. The van der Waals surface area contributed by atoms with Crippen LogP contribution in [0.25, 0.3) is 5.69 Å². The zero-order valence-corrected chi connectivity index (χ0v) is 21.5. The third kappa shape index (κ3) is 3.90. The van der Waals surface area contributed by atoms with E-state index >= 15 is 0 Å². The average molecular weight is 521 g/mol. The number of fused-ring (bicyclic) bond motifs is 2. The van der Waals surface area contributed by atoms with E-state index in [2.05, 4.69) is 5.10 Å². The molecule has 6 rings (SSSR count). The Hall–Kier alpha value is -3.66. The number of amides is 2. The lowest BCUT2D eigenvalue weighted by Crippen LogP contribution is -2.44. The Morgan fingerprint density at radius 3 is 2.16 bits per heavy atom. The first-order valence-electron chi connectivity index (χ1n) is 12.2. The van der Waals surface area contributed by atoms with Crippen LogP contribution in [0.5, 0.6) is 5.75 Å². The number of rotatable bonds is 7. The summed E-state index contributed by atoms with van der Waals surface area (Å²) in [5.74, 6) is -0.115. The van der Waals surface area contributed by atoms with Crippen LogP contribution in [0.2, 0.25) is 0 Å². The molecule has 2 saturated carbocycles. The van der Waals surface area contributed by atoms with E-state index in [1.54, 1.807) is 36.3 Å². The maximum Gasteiger partial charge on any atom is 0.277 e. The lowest BCUT2D eigenvalue weighted by Gasteiger charge is -2.33. The Kier molecular flexibility index (Phi) is 5.08. The van der Waals surface area contributed by atoms with E-state index in [1.165, 1.54) is 10.9 Å². The highest BCUT2D eigenvalue weighted by Gasteiger charge is 2.56. The summed E-state index contributed by atoms with van der Waals surface area (Å²) in [4.78, 5) is 28.1. The van der Waals surface area contributed by atoms with Gasteiger partial charge >= 0.3 is 0 Å². The predicted molar refractivity (Wildman–Crippen MR) is 138 cm³/mol. The lowest BCUT2D eigenvalue weighted by atomic mass is 9.88. The molecule has 2 aromatic carbocycles. The molecule has 3 aromatic rings. The Morgan fingerprint density at radius 1 is 1.03 bits per heavy atom. The zero-order chi connectivity index (χ0) is 26.2. The van der Waals surface area contributed by atoms with E-state index in [-0.39, 0.29) is 28.2 Å². The average Bonchev–Trinajstić information content (AvgIpc) is 3.78. The fraction of sp³-hybridized carbons (Fsp3) is 0.370. The molecule has 2 amide bonds. The molecule has 0 saturated heterocycles. The van der Waals surface area contributed by atoms with E-state index in [1.807, 2.05) is 24.3 Å². The van der Waals surface area contributed by atoms with Crippen molar-refractivity contribution in [1.82, 2.24) is 9.78 Å². The Balaban J connectivity index is 1.41. The predicted octanol–water partition coefficient (Wildman–Crippen LogP) is 2.75. The van der Waals surface area contributed by atoms with Crippen LogP contribution in [0.1, 0.15) is 57.8 Å². The van der Waals surface area contributed by atoms with Crippen LogP contribution in [0.4, 0.5) is 5.69 Å². The molecule has 9 nitrogen and oxygen atoms in total. The summed E-state index contributed by atoms with van der Waals surface area (Å²) in [5, 5.41) is 4.52. The molecule has 2 N–H and O–H groups in total. The molecule has 0 radical (unpaired) electrons. The molecule has 192 valence electrons. The van der Waals surface area contributed by atoms with Gasteiger partial charge in [0.1, 0.15) is 21.3 Å². The first-order valence-corrected chi connectivity index (χ1v) is 14.3. The molecule has 1 aliphatic heterocycles. The Bertz CT molecular complexity index is 1530. The molecule has 0 unspecified atom stereocenters. The van der Waals surface area contributed by atoms with Crippen molar-refractivity contribution in [2.45, 2.75) is 36.5 Å². The second kappa shape index (κ2) is 7.92. The van der Waals surface area contributed by atoms with Gasteiger partial charge < -0.3 is 15.4 Å². The number of carbonyl (C=O) groups is 2. The second-order valence-corrected chi connectivity index (χ2v) is 12.8. The summed E-state index contributed by atoms with van der Waals surface area (Å²) in [6.45, 7) is 0.432. The highest BCUT2D eigenvalue weighted by atomic mass is 32.2.